The van der Waals surface area contributed by atoms with E-state index < -0.39 is 0 Å². The van der Waals surface area contributed by atoms with E-state index in [0.29, 0.717) is 18.3 Å². The maximum atomic E-state index is 5.59. The lowest BCUT2D eigenvalue weighted by molar-refractivity contribution is 0.432. The molecule has 0 aliphatic heterocycles. The minimum absolute atomic E-state index is 0.505. The number of aryl methyl sites for hydroxylation is 1. The molecule has 0 fully saturated rings. The van der Waals surface area contributed by atoms with Crippen LogP contribution in [0.2, 0.25) is 0 Å². The van der Waals surface area contributed by atoms with E-state index >= 15 is 0 Å². The summed E-state index contributed by atoms with van der Waals surface area (Å²) in [6.07, 6.45) is 0. The Morgan fingerprint density at radius 1 is 1.10 bits per heavy atom. The van der Waals surface area contributed by atoms with E-state index in [2.05, 4.69) is 26.1 Å². The fourth-order valence-electron chi connectivity index (χ4n) is 1.97. The zero-order valence-corrected chi connectivity index (χ0v) is 13.1. The van der Waals surface area contributed by atoms with Crippen LogP contribution < -0.4 is 5.73 Å². The fourth-order valence-corrected chi connectivity index (χ4v) is 2.35. The van der Waals surface area contributed by atoms with Gasteiger partial charge < -0.3 is 10.3 Å². The summed E-state index contributed by atoms with van der Waals surface area (Å²) in [5.41, 5.74) is 9.63. The summed E-state index contributed by atoms with van der Waals surface area (Å²) in [4.78, 5) is 4.45. The predicted octanol–water partition coefficient (Wildman–Crippen LogP) is 3.93. The molecule has 21 heavy (non-hydrogen) atoms. The van der Waals surface area contributed by atoms with Gasteiger partial charge in [-0.25, -0.2) is 0 Å². The SMILES string of the molecule is Cc1ccc(-c2noc(-c3ccc(CN)cc3)n2)cc1Br. The van der Waals surface area contributed by atoms with Gasteiger partial charge in [0.15, 0.2) is 0 Å². The highest BCUT2D eigenvalue weighted by Crippen LogP contribution is 2.26. The topological polar surface area (TPSA) is 64.9 Å². The zero-order valence-electron chi connectivity index (χ0n) is 11.5. The summed E-state index contributed by atoms with van der Waals surface area (Å²) < 4.78 is 6.37. The first-order chi connectivity index (χ1) is 10.2. The summed E-state index contributed by atoms with van der Waals surface area (Å²) in [5, 5.41) is 4.04. The van der Waals surface area contributed by atoms with Gasteiger partial charge in [0.1, 0.15) is 0 Å². The Bertz CT molecular complexity index is 765. The average Bonchev–Trinajstić information content (AvgIpc) is 3.00. The second-order valence-electron chi connectivity index (χ2n) is 4.79. The van der Waals surface area contributed by atoms with Crippen molar-refractivity contribution in [2.24, 2.45) is 5.73 Å². The van der Waals surface area contributed by atoms with Crippen LogP contribution >= 0.6 is 15.9 Å². The van der Waals surface area contributed by atoms with Crippen molar-refractivity contribution in [3.8, 4) is 22.8 Å². The number of halogens is 1. The van der Waals surface area contributed by atoms with Crippen molar-refractivity contribution in [3.63, 3.8) is 0 Å². The lowest BCUT2D eigenvalue weighted by atomic mass is 10.1. The summed E-state index contributed by atoms with van der Waals surface area (Å²) in [6.45, 7) is 2.56. The molecule has 0 spiro atoms. The highest BCUT2D eigenvalue weighted by molar-refractivity contribution is 9.10. The van der Waals surface area contributed by atoms with Gasteiger partial charge in [0.2, 0.25) is 5.82 Å². The van der Waals surface area contributed by atoms with Gasteiger partial charge in [-0.2, -0.15) is 4.98 Å². The van der Waals surface area contributed by atoms with Crippen LogP contribution in [-0.2, 0) is 6.54 Å². The molecular weight excluding hydrogens is 330 g/mol. The Hall–Kier alpha value is -1.98. The minimum Gasteiger partial charge on any atom is -0.334 e. The predicted molar refractivity (Wildman–Crippen MR) is 85.5 cm³/mol. The molecule has 0 bridgehead atoms. The molecule has 0 atom stereocenters. The molecule has 0 saturated heterocycles. The molecule has 0 aliphatic rings. The summed E-state index contributed by atoms with van der Waals surface area (Å²) in [6, 6.07) is 13.8. The molecular formula is C16H14BrN3O. The molecule has 0 amide bonds. The molecule has 0 aliphatic carbocycles. The average molecular weight is 344 g/mol. The third-order valence-electron chi connectivity index (χ3n) is 3.29. The van der Waals surface area contributed by atoms with Gasteiger partial charge in [0.25, 0.3) is 5.89 Å². The maximum Gasteiger partial charge on any atom is 0.258 e. The Balaban J connectivity index is 1.93. The van der Waals surface area contributed by atoms with Gasteiger partial charge in [-0.05, 0) is 36.2 Å². The number of benzene rings is 2. The van der Waals surface area contributed by atoms with E-state index in [1.807, 2.05) is 49.4 Å². The Kier molecular flexibility index (Phi) is 3.86. The van der Waals surface area contributed by atoms with Crippen molar-refractivity contribution < 1.29 is 4.52 Å². The number of nitrogens with zero attached hydrogens (tertiary/aromatic N) is 2. The molecule has 2 aromatic carbocycles. The van der Waals surface area contributed by atoms with E-state index in [0.717, 1.165) is 21.2 Å². The molecule has 2 N–H and O–H groups in total. The molecule has 5 heteroatoms. The van der Waals surface area contributed by atoms with Gasteiger partial charge in [0.05, 0.1) is 0 Å². The quantitative estimate of drug-likeness (QED) is 0.782. The van der Waals surface area contributed by atoms with Crippen LogP contribution in [0.4, 0.5) is 0 Å². The van der Waals surface area contributed by atoms with Gasteiger partial charge in [-0.15, -0.1) is 0 Å². The Morgan fingerprint density at radius 3 is 2.48 bits per heavy atom. The van der Waals surface area contributed by atoms with Crippen molar-refractivity contribution in [3.05, 3.63) is 58.1 Å². The highest BCUT2D eigenvalue weighted by atomic mass is 79.9. The van der Waals surface area contributed by atoms with Crippen LogP contribution in [0.1, 0.15) is 11.1 Å². The third-order valence-corrected chi connectivity index (χ3v) is 4.15. The molecule has 1 aromatic heterocycles. The molecule has 3 rings (SSSR count). The zero-order chi connectivity index (χ0) is 14.8. The van der Waals surface area contributed by atoms with Crippen LogP contribution in [0.25, 0.3) is 22.8 Å². The third kappa shape index (κ3) is 2.89. The smallest absolute Gasteiger partial charge is 0.258 e. The summed E-state index contributed by atoms with van der Waals surface area (Å²) in [7, 11) is 0. The van der Waals surface area contributed by atoms with Gasteiger partial charge in [0, 0.05) is 22.1 Å². The van der Waals surface area contributed by atoms with E-state index in [9.17, 15) is 0 Å². The van der Waals surface area contributed by atoms with Crippen LogP contribution in [0.3, 0.4) is 0 Å². The second kappa shape index (κ2) is 5.79. The van der Waals surface area contributed by atoms with Crippen LogP contribution in [0, 0.1) is 6.92 Å². The van der Waals surface area contributed by atoms with E-state index in [4.69, 9.17) is 10.3 Å². The lowest BCUT2D eigenvalue weighted by Gasteiger charge is -1.99. The standard InChI is InChI=1S/C16H14BrN3O/c1-10-2-5-13(8-14(10)17)15-19-16(21-20-15)12-6-3-11(9-18)4-7-12/h2-8H,9,18H2,1H3. The van der Waals surface area contributed by atoms with Gasteiger partial charge in [-0.3, -0.25) is 0 Å². The van der Waals surface area contributed by atoms with Crippen LogP contribution in [0.15, 0.2) is 51.5 Å². The molecule has 0 unspecified atom stereocenters. The van der Waals surface area contributed by atoms with Crippen LogP contribution in [-0.4, -0.2) is 10.1 Å². The van der Waals surface area contributed by atoms with Crippen LogP contribution in [0.5, 0.6) is 0 Å². The van der Waals surface area contributed by atoms with E-state index in [1.54, 1.807) is 0 Å². The number of nitrogens with two attached hydrogens (primary N) is 1. The maximum absolute atomic E-state index is 5.59. The molecule has 106 valence electrons. The first-order valence-corrected chi connectivity index (χ1v) is 7.36. The number of hydrogen-bond acceptors (Lipinski definition) is 4. The van der Waals surface area contributed by atoms with Gasteiger partial charge in [-0.1, -0.05) is 45.4 Å². The largest absolute Gasteiger partial charge is 0.334 e. The van der Waals surface area contributed by atoms with E-state index in [1.165, 1.54) is 5.56 Å². The first-order valence-electron chi connectivity index (χ1n) is 6.57. The molecule has 0 radical (unpaired) electrons. The lowest BCUT2D eigenvalue weighted by Crippen LogP contribution is -1.95. The Labute approximate surface area is 131 Å². The Morgan fingerprint density at radius 2 is 1.81 bits per heavy atom. The molecule has 3 aromatic rings. The monoisotopic (exact) mass is 343 g/mol. The van der Waals surface area contributed by atoms with E-state index in [-0.39, 0.29) is 0 Å². The van der Waals surface area contributed by atoms with Crippen molar-refractivity contribution in [2.75, 3.05) is 0 Å². The molecule has 1 heterocycles. The highest BCUT2D eigenvalue weighted by Gasteiger charge is 2.11. The number of aromatic nitrogens is 2. The summed E-state index contributed by atoms with van der Waals surface area (Å²) >= 11 is 3.51. The first kappa shape index (κ1) is 14.0. The molecule has 4 nitrogen and oxygen atoms in total. The summed E-state index contributed by atoms with van der Waals surface area (Å²) in [5.74, 6) is 1.08. The van der Waals surface area contributed by atoms with Gasteiger partial charge >= 0.3 is 0 Å². The van der Waals surface area contributed by atoms with Crippen molar-refractivity contribution in [1.82, 2.24) is 10.1 Å². The second-order valence-corrected chi connectivity index (χ2v) is 5.64. The van der Waals surface area contributed by atoms with Crippen molar-refractivity contribution in [1.29, 1.82) is 0 Å². The van der Waals surface area contributed by atoms with Crippen molar-refractivity contribution >= 4 is 15.9 Å². The fraction of sp³-hybridized carbons (Fsp3) is 0.125. The number of rotatable bonds is 3. The van der Waals surface area contributed by atoms with Crippen molar-refractivity contribution in [2.45, 2.75) is 13.5 Å². The minimum atomic E-state index is 0.505. The molecule has 0 saturated carbocycles. The normalized spacial score (nSPS) is 10.8. The number of hydrogen-bond donors (Lipinski definition) is 1.